The van der Waals surface area contributed by atoms with Gasteiger partial charge in [0.2, 0.25) is 0 Å². The lowest BCUT2D eigenvalue weighted by Gasteiger charge is -2.20. The van der Waals surface area contributed by atoms with Crippen molar-refractivity contribution in [1.29, 1.82) is 0 Å². The van der Waals surface area contributed by atoms with Crippen LogP contribution in [0.3, 0.4) is 0 Å². The monoisotopic (exact) mass is 311 g/mol. The zero-order valence-corrected chi connectivity index (χ0v) is 13.8. The SMILES string of the molecule is CC(C)N(C)CCCCn1c(=S)[nH]c2sccc2c1=O. The molecule has 0 atom stereocenters. The minimum atomic E-state index is 0.0298. The van der Waals surface area contributed by atoms with Gasteiger partial charge >= 0.3 is 0 Å². The largest absolute Gasteiger partial charge is 0.323 e. The Balaban J connectivity index is 2.03. The molecule has 0 aliphatic heterocycles. The van der Waals surface area contributed by atoms with Gasteiger partial charge in [0.25, 0.3) is 5.56 Å². The summed E-state index contributed by atoms with van der Waals surface area (Å²) in [7, 11) is 2.13. The van der Waals surface area contributed by atoms with Crippen LogP contribution in [-0.2, 0) is 6.54 Å². The summed E-state index contributed by atoms with van der Waals surface area (Å²) in [5, 5.41) is 2.65. The summed E-state index contributed by atoms with van der Waals surface area (Å²) in [6.07, 6.45) is 2.03. The number of nitrogens with zero attached hydrogens (tertiary/aromatic N) is 2. The van der Waals surface area contributed by atoms with Crippen LogP contribution in [0.5, 0.6) is 0 Å². The molecule has 0 fully saturated rings. The molecule has 0 spiro atoms. The highest BCUT2D eigenvalue weighted by Crippen LogP contribution is 2.14. The third-order valence-electron chi connectivity index (χ3n) is 3.63. The van der Waals surface area contributed by atoms with E-state index in [9.17, 15) is 4.79 Å². The zero-order chi connectivity index (χ0) is 14.7. The smallest absolute Gasteiger partial charge is 0.263 e. The molecule has 1 N–H and O–H groups in total. The van der Waals surface area contributed by atoms with Crippen LogP contribution in [0.4, 0.5) is 0 Å². The molecule has 20 heavy (non-hydrogen) atoms. The molecule has 2 aromatic heterocycles. The number of thiophene rings is 1. The van der Waals surface area contributed by atoms with Crippen molar-refractivity contribution in [1.82, 2.24) is 14.5 Å². The topological polar surface area (TPSA) is 41.0 Å². The van der Waals surface area contributed by atoms with Gasteiger partial charge in [0.15, 0.2) is 4.77 Å². The van der Waals surface area contributed by atoms with Crippen molar-refractivity contribution in [2.24, 2.45) is 0 Å². The molecule has 0 aromatic carbocycles. The van der Waals surface area contributed by atoms with Crippen LogP contribution in [0.2, 0.25) is 0 Å². The molecular formula is C14H21N3OS2. The minimum Gasteiger partial charge on any atom is -0.323 e. The van der Waals surface area contributed by atoms with Gasteiger partial charge in [0.05, 0.1) is 5.39 Å². The van der Waals surface area contributed by atoms with E-state index < -0.39 is 0 Å². The lowest BCUT2D eigenvalue weighted by atomic mass is 10.2. The fourth-order valence-electron chi connectivity index (χ4n) is 2.07. The number of aromatic amines is 1. The number of nitrogens with one attached hydrogen (secondary N) is 1. The third-order valence-corrected chi connectivity index (χ3v) is 4.78. The molecule has 0 saturated heterocycles. The Morgan fingerprint density at radius 3 is 2.90 bits per heavy atom. The van der Waals surface area contributed by atoms with E-state index in [4.69, 9.17) is 12.2 Å². The molecule has 0 bridgehead atoms. The number of aromatic nitrogens is 2. The van der Waals surface area contributed by atoms with Crippen LogP contribution < -0.4 is 5.56 Å². The first-order chi connectivity index (χ1) is 9.50. The highest BCUT2D eigenvalue weighted by molar-refractivity contribution is 7.71. The molecule has 4 nitrogen and oxygen atoms in total. The molecular weight excluding hydrogens is 290 g/mol. The molecule has 0 aliphatic carbocycles. The zero-order valence-electron chi connectivity index (χ0n) is 12.2. The van der Waals surface area contributed by atoms with Crippen molar-refractivity contribution in [2.75, 3.05) is 13.6 Å². The van der Waals surface area contributed by atoms with E-state index in [1.165, 1.54) is 11.3 Å². The summed E-state index contributed by atoms with van der Waals surface area (Å²) in [6, 6.07) is 2.42. The van der Waals surface area contributed by atoms with E-state index in [0.29, 0.717) is 17.4 Å². The van der Waals surface area contributed by atoms with Gasteiger partial charge in [-0.3, -0.25) is 9.36 Å². The van der Waals surface area contributed by atoms with E-state index in [0.717, 1.165) is 29.6 Å². The summed E-state index contributed by atoms with van der Waals surface area (Å²) >= 11 is 6.80. The second-order valence-corrected chi connectivity index (χ2v) is 6.63. The lowest BCUT2D eigenvalue weighted by Crippen LogP contribution is -2.28. The highest BCUT2D eigenvalue weighted by Gasteiger charge is 2.07. The standard InChI is InChI=1S/C14H21N3OS2/c1-10(2)16(3)7-4-5-8-17-13(18)11-6-9-20-12(11)15-14(17)19/h6,9-10H,4-5,7-8H2,1-3H3,(H,15,19). The van der Waals surface area contributed by atoms with Gasteiger partial charge < -0.3 is 9.88 Å². The van der Waals surface area contributed by atoms with E-state index in [1.807, 2.05) is 11.4 Å². The van der Waals surface area contributed by atoms with Crippen molar-refractivity contribution >= 4 is 33.8 Å². The maximum Gasteiger partial charge on any atom is 0.263 e. The fourth-order valence-corrected chi connectivity index (χ4v) is 3.19. The maximum absolute atomic E-state index is 12.3. The first kappa shape index (κ1) is 15.4. The van der Waals surface area contributed by atoms with Gasteiger partial charge in [0.1, 0.15) is 4.83 Å². The van der Waals surface area contributed by atoms with Gasteiger partial charge in [-0.2, -0.15) is 0 Å². The van der Waals surface area contributed by atoms with Crippen LogP contribution in [0.15, 0.2) is 16.2 Å². The molecule has 0 radical (unpaired) electrons. The summed E-state index contributed by atoms with van der Waals surface area (Å²) in [6.45, 7) is 6.10. The minimum absolute atomic E-state index is 0.0298. The number of unbranched alkanes of at least 4 members (excludes halogenated alkanes) is 1. The van der Waals surface area contributed by atoms with Gasteiger partial charge in [0, 0.05) is 12.6 Å². The number of hydrogen-bond donors (Lipinski definition) is 1. The van der Waals surface area contributed by atoms with Gasteiger partial charge in [-0.05, 0) is 63.9 Å². The predicted molar refractivity (Wildman–Crippen MR) is 88.3 cm³/mol. The summed E-state index contributed by atoms with van der Waals surface area (Å²) in [5.41, 5.74) is 0.0298. The van der Waals surface area contributed by atoms with E-state index >= 15 is 0 Å². The normalized spacial score (nSPS) is 11.8. The average molecular weight is 311 g/mol. The lowest BCUT2D eigenvalue weighted by molar-refractivity contribution is 0.266. The number of H-pyrrole nitrogens is 1. The number of rotatable bonds is 6. The second-order valence-electron chi connectivity index (χ2n) is 5.33. The molecule has 2 rings (SSSR count). The number of fused-ring (bicyclic) bond motifs is 1. The van der Waals surface area contributed by atoms with Crippen LogP contribution >= 0.6 is 23.6 Å². The van der Waals surface area contributed by atoms with Crippen molar-refractivity contribution in [2.45, 2.75) is 39.3 Å². The van der Waals surface area contributed by atoms with Crippen LogP contribution in [0.25, 0.3) is 10.2 Å². The van der Waals surface area contributed by atoms with Crippen molar-refractivity contribution in [3.8, 4) is 0 Å². The summed E-state index contributed by atoms with van der Waals surface area (Å²) in [5.74, 6) is 0. The van der Waals surface area contributed by atoms with Gasteiger partial charge in [-0.1, -0.05) is 0 Å². The Labute approximate surface area is 128 Å². The molecule has 110 valence electrons. The maximum atomic E-state index is 12.3. The Morgan fingerprint density at radius 1 is 1.45 bits per heavy atom. The second kappa shape index (κ2) is 6.65. The molecule has 2 aromatic rings. The van der Waals surface area contributed by atoms with Crippen molar-refractivity contribution < 1.29 is 0 Å². The van der Waals surface area contributed by atoms with Gasteiger partial charge in [-0.15, -0.1) is 11.3 Å². The van der Waals surface area contributed by atoms with Gasteiger partial charge in [-0.25, -0.2) is 0 Å². The van der Waals surface area contributed by atoms with E-state index in [-0.39, 0.29) is 5.56 Å². The Hall–Kier alpha value is -0.980. The predicted octanol–water partition coefficient (Wildman–Crippen LogP) is 3.24. The Bertz CT molecular complexity index is 684. The Kier molecular flexibility index (Phi) is 5.12. The van der Waals surface area contributed by atoms with Crippen LogP contribution in [0, 0.1) is 4.77 Å². The molecule has 0 aliphatic rings. The molecule has 2 heterocycles. The summed E-state index contributed by atoms with van der Waals surface area (Å²) < 4.78 is 2.21. The number of hydrogen-bond acceptors (Lipinski definition) is 4. The van der Waals surface area contributed by atoms with E-state index in [1.54, 1.807) is 4.57 Å². The van der Waals surface area contributed by atoms with Crippen LogP contribution in [0.1, 0.15) is 26.7 Å². The highest BCUT2D eigenvalue weighted by atomic mass is 32.1. The molecule has 0 unspecified atom stereocenters. The average Bonchev–Trinajstić information content (AvgIpc) is 2.85. The quantitative estimate of drug-likeness (QED) is 0.658. The van der Waals surface area contributed by atoms with Crippen LogP contribution in [-0.4, -0.2) is 34.1 Å². The van der Waals surface area contributed by atoms with E-state index in [2.05, 4.69) is 30.8 Å². The Morgan fingerprint density at radius 2 is 2.20 bits per heavy atom. The molecule has 0 saturated carbocycles. The molecule has 0 amide bonds. The molecule has 6 heteroatoms. The summed E-state index contributed by atoms with van der Waals surface area (Å²) in [4.78, 5) is 18.6. The first-order valence-electron chi connectivity index (χ1n) is 6.91. The first-order valence-corrected chi connectivity index (χ1v) is 8.20. The van der Waals surface area contributed by atoms with Crippen molar-refractivity contribution in [3.05, 3.63) is 26.6 Å². The van der Waals surface area contributed by atoms with Crippen molar-refractivity contribution in [3.63, 3.8) is 0 Å². The third kappa shape index (κ3) is 3.37. The fraction of sp³-hybridized carbons (Fsp3) is 0.571.